The van der Waals surface area contributed by atoms with Gasteiger partial charge in [0, 0.05) is 42.2 Å². The van der Waals surface area contributed by atoms with E-state index in [4.69, 9.17) is 4.74 Å². The van der Waals surface area contributed by atoms with Gasteiger partial charge in [-0.05, 0) is 86.7 Å². The Kier molecular flexibility index (Phi) is 11.3. The van der Waals surface area contributed by atoms with Crippen molar-refractivity contribution in [2.45, 2.75) is 63.6 Å². The van der Waals surface area contributed by atoms with Crippen molar-refractivity contribution in [3.63, 3.8) is 0 Å². The molecule has 12 heteroatoms. The van der Waals surface area contributed by atoms with E-state index in [-0.39, 0.29) is 25.0 Å². The van der Waals surface area contributed by atoms with Gasteiger partial charge in [-0.2, -0.15) is 0 Å². The number of unbranched alkanes of at least 4 members (excludes halogenated alkanes) is 1. The number of rotatable bonds is 16. The number of nitrogens with zero attached hydrogens (tertiary/aromatic N) is 4. The number of amides is 2. The molecule has 0 aliphatic carbocycles. The van der Waals surface area contributed by atoms with Crippen LogP contribution in [0.5, 0.6) is 5.75 Å². The van der Waals surface area contributed by atoms with Crippen LogP contribution in [0, 0.1) is 5.92 Å². The first kappa shape index (κ1) is 35.9. The van der Waals surface area contributed by atoms with Crippen LogP contribution in [0.4, 0.5) is 17.1 Å². The lowest BCUT2D eigenvalue weighted by Crippen LogP contribution is -2.49. The van der Waals surface area contributed by atoms with Gasteiger partial charge in [0.2, 0.25) is 5.91 Å². The molecule has 0 saturated heterocycles. The predicted molar refractivity (Wildman–Crippen MR) is 194 cm³/mol. The first-order valence-electron chi connectivity index (χ1n) is 17.6. The number of allylic oxidation sites excluding steroid dienone is 1. The summed E-state index contributed by atoms with van der Waals surface area (Å²) in [5.41, 5.74) is 2.86. The van der Waals surface area contributed by atoms with Gasteiger partial charge in [0.1, 0.15) is 5.75 Å². The van der Waals surface area contributed by atoms with E-state index in [0.29, 0.717) is 67.3 Å². The van der Waals surface area contributed by atoms with Crippen LogP contribution in [-0.4, -0.2) is 74.5 Å². The number of ether oxygens (including phenoxy) is 1. The molecule has 268 valence electrons. The SMILES string of the molecule is CCOc1ccc2c(c1)CC(NCCCCO)C(=O)N2c1ccc2c(c1)[C@@](O)([C@H](C)/C=C/CCn1cc(C(CO)c3ccccc3)nn1)C(=O)N2. The zero-order valence-electron chi connectivity index (χ0n) is 29.0. The van der Waals surface area contributed by atoms with Crippen LogP contribution in [0.2, 0.25) is 0 Å². The number of aromatic nitrogens is 3. The van der Waals surface area contributed by atoms with E-state index >= 15 is 0 Å². The third kappa shape index (κ3) is 7.45. The summed E-state index contributed by atoms with van der Waals surface area (Å²) >= 11 is 0. The van der Waals surface area contributed by atoms with Crippen molar-refractivity contribution in [3.8, 4) is 5.75 Å². The van der Waals surface area contributed by atoms with Gasteiger partial charge >= 0.3 is 0 Å². The highest BCUT2D eigenvalue weighted by Gasteiger charge is 2.49. The average Bonchev–Trinajstić information content (AvgIpc) is 3.71. The minimum absolute atomic E-state index is 0.0832. The number of aliphatic hydroxyl groups excluding tert-OH is 2. The molecule has 2 aliphatic heterocycles. The lowest BCUT2D eigenvalue weighted by molar-refractivity contribution is -0.137. The molecule has 0 spiro atoms. The number of aliphatic hydroxyl groups is 3. The van der Waals surface area contributed by atoms with Gasteiger partial charge in [0.25, 0.3) is 5.91 Å². The number of fused-ring (bicyclic) bond motifs is 2. The zero-order valence-corrected chi connectivity index (χ0v) is 29.0. The number of hydrogen-bond donors (Lipinski definition) is 5. The first-order valence-corrected chi connectivity index (χ1v) is 17.6. The summed E-state index contributed by atoms with van der Waals surface area (Å²) < 4.78 is 7.47. The normalized spacial score (nSPS) is 19.5. The predicted octanol–water partition coefficient (Wildman–Crippen LogP) is 4.17. The Bertz CT molecular complexity index is 1860. The fraction of sp³-hybridized carbons (Fsp3) is 0.385. The third-order valence-electron chi connectivity index (χ3n) is 9.69. The molecular weight excluding hydrogens is 648 g/mol. The molecule has 6 rings (SSSR count). The van der Waals surface area contributed by atoms with E-state index in [1.165, 1.54) is 0 Å². The van der Waals surface area contributed by atoms with Crippen molar-refractivity contribution in [3.05, 3.63) is 107 Å². The van der Waals surface area contributed by atoms with E-state index in [1.807, 2.05) is 73.8 Å². The van der Waals surface area contributed by atoms with Crippen molar-refractivity contribution in [1.29, 1.82) is 0 Å². The van der Waals surface area contributed by atoms with E-state index in [9.17, 15) is 24.9 Å². The van der Waals surface area contributed by atoms with Crippen LogP contribution >= 0.6 is 0 Å². The van der Waals surface area contributed by atoms with Crippen molar-refractivity contribution >= 4 is 28.9 Å². The number of carbonyl (C=O) groups is 2. The number of nitrogens with one attached hydrogen (secondary N) is 2. The molecule has 1 aromatic heterocycles. The highest BCUT2D eigenvalue weighted by atomic mass is 16.5. The summed E-state index contributed by atoms with van der Waals surface area (Å²) in [6, 6.07) is 20.1. The van der Waals surface area contributed by atoms with Crippen LogP contribution < -0.4 is 20.3 Å². The molecular formula is C39H46N6O6. The molecule has 12 nitrogen and oxygen atoms in total. The van der Waals surface area contributed by atoms with Crippen molar-refractivity contribution in [2.24, 2.45) is 5.92 Å². The second kappa shape index (κ2) is 16.0. The molecule has 0 radical (unpaired) electrons. The summed E-state index contributed by atoms with van der Waals surface area (Å²) in [6.07, 6.45) is 7.98. The van der Waals surface area contributed by atoms with E-state index in [0.717, 1.165) is 23.2 Å². The molecule has 2 amide bonds. The summed E-state index contributed by atoms with van der Waals surface area (Å²) in [6.45, 7) is 5.33. The average molecular weight is 695 g/mol. The Morgan fingerprint density at radius 2 is 1.92 bits per heavy atom. The minimum atomic E-state index is -1.87. The largest absolute Gasteiger partial charge is 0.494 e. The fourth-order valence-electron chi connectivity index (χ4n) is 6.89. The number of aryl methyl sites for hydroxylation is 1. The second-order valence-electron chi connectivity index (χ2n) is 13.0. The van der Waals surface area contributed by atoms with Crippen LogP contribution in [0.15, 0.2) is 85.1 Å². The number of benzene rings is 3. The summed E-state index contributed by atoms with van der Waals surface area (Å²) in [5.74, 6) is -0.824. The maximum atomic E-state index is 14.0. The second-order valence-corrected chi connectivity index (χ2v) is 13.0. The van der Waals surface area contributed by atoms with Crippen LogP contribution in [0.3, 0.4) is 0 Å². The van der Waals surface area contributed by atoms with E-state index < -0.39 is 23.5 Å². The molecule has 4 atom stereocenters. The highest BCUT2D eigenvalue weighted by Crippen LogP contribution is 2.45. The summed E-state index contributed by atoms with van der Waals surface area (Å²) in [5, 5.41) is 45.9. The monoisotopic (exact) mass is 694 g/mol. The Morgan fingerprint density at radius 3 is 2.69 bits per heavy atom. The molecule has 2 unspecified atom stereocenters. The van der Waals surface area contributed by atoms with Gasteiger partial charge in [-0.1, -0.05) is 54.6 Å². The maximum Gasteiger partial charge on any atom is 0.261 e. The van der Waals surface area contributed by atoms with Crippen LogP contribution in [-0.2, 0) is 28.2 Å². The topological polar surface area (TPSA) is 162 Å². The van der Waals surface area contributed by atoms with Gasteiger partial charge in [-0.15, -0.1) is 5.10 Å². The Labute approximate surface area is 297 Å². The molecule has 4 aromatic rings. The molecule has 5 N–H and O–H groups in total. The first-order chi connectivity index (χ1) is 24.8. The van der Waals surface area contributed by atoms with Gasteiger partial charge in [0.05, 0.1) is 36.6 Å². The standard InChI is InChI=1S/C39H46N6O6/c1-3-51-30-15-17-36-28(21-30)22-34(40-18-8-10-20-46)37(48)45(36)29-14-16-33-32(23-29)39(50,38(49)41-33)26(2)11-7-9-19-44-24-35(42-43-44)31(25-47)27-12-5-4-6-13-27/h4-7,11-17,21,23-24,26,31,34,40,46-47,50H,3,8-10,18-20,22,25H2,1-2H3,(H,41,49)/b11-7+/t26-,31?,34?,39+/m1/s1. The van der Waals surface area contributed by atoms with Crippen LogP contribution in [0.1, 0.15) is 61.4 Å². The van der Waals surface area contributed by atoms with Crippen molar-refractivity contribution in [1.82, 2.24) is 20.3 Å². The molecule has 0 bridgehead atoms. The van der Waals surface area contributed by atoms with E-state index in [1.54, 1.807) is 34.7 Å². The number of carbonyl (C=O) groups excluding carboxylic acids is 2. The van der Waals surface area contributed by atoms with E-state index in [2.05, 4.69) is 20.9 Å². The highest BCUT2D eigenvalue weighted by molar-refractivity contribution is 6.09. The number of hydrogen-bond acceptors (Lipinski definition) is 9. The fourth-order valence-corrected chi connectivity index (χ4v) is 6.89. The lowest BCUT2D eigenvalue weighted by Gasteiger charge is -2.35. The molecule has 0 saturated carbocycles. The Hall–Kier alpha value is -4.88. The van der Waals surface area contributed by atoms with Gasteiger partial charge in [-0.3, -0.25) is 19.2 Å². The summed E-state index contributed by atoms with van der Waals surface area (Å²) in [7, 11) is 0. The maximum absolute atomic E-state index is 14.0. The lowest BCUT2D eigenvalue weighted by atomic mass is 9.82. The van der Waals surface area contributed by atoms with Gasteiger partial charge < -0.3 is 30.7 Å². The third-order valence-corrected chi connectivity index (χ3v) is 9.69. The van der Waals surface area contributed by atoms with Crippen molar-refractivity contribution < 1.29 is 29.6 Å². The summed E-state index contributed by atoms with van der Waals surface area (Å²) in [4.78, 5) is 29.1. The van der Waals surface area contributed by atoms with Gasteiger partial charge in [0.15, 0.2) is 5.60 Å². The molecule has 0 fully saturated rings. The Balaban J connectivity index is 1.20. The quantitative estimate of drug-likeness (QED) is 0.0856. The smallest absolute Gasteiger partial charge is 0.261 e. The molecule has 2 aliphatic rings. The minimum Gasteiger partial charge on any atom is -0.494 e. The van der Waals surface area contributed by atoms with Crippen molar-refractivity contribution in [2.75, 3.05) is 36.6 Å². The zero-order chi connectivity index (χ0) is 36.0. The molecule has 3 heterocycles. The molecule has 51 heavy (non-hydrogen) atoms. The Morgan fingerprint density at radius 1 is 1.10 bits per heavy atom. The van der Waals surface area contributed by atoms with Crippen LogP contribution in [0.25, 0.3) is 0 Å². The number of anilines is 3. The molecule has 3 aromatic carbocycles. The van der Waals surface area contributed by atoms with Gasteiger partial charge in [-0.25, -0.2) is 0 Å².